The van der Waals surface area contributed by atoms with E-state index >= 15 is 0 Å². The monoisotopic (exact) mass is 691 g/mol. The molecule has 0 fully saturated rings. The molecule has 4 heterocycles. The number of fused-ring (bicyclic) bond motifs is 10. The van der Waals surface area contributed by atoms with E-state index in [1.54, 1.807) is 0 Å². The van der Waals surface area contributed by atoms with Gasteiger partial charge in [-0.05, 0) is 94.1 Å². The van der Waals surface area contributed by atoms with Crippen LogP contribution in [0.3, 0.4) is 0 Å². The number of hydrogen-bond acceptors (Lipinski definition) is 2. The molecule has 0 radical (unpaired) electrons. The summed E-state index contributed by atoms with van der Waals surface area (Å²) in [7, 11) is 0. The van der Waals surface area contributed by atoms with Crippen molar-refractivity contribution in [3.63, 3.8) is 0 Å². The molecule has 0 saturated carbocycles. The van der Waals surface area contributed by atoms with Crippen LogP contribution < -0.4 is 4.90 Å². The maximum absolute atomic E-state index is 5.13. The van der Waals surface area contributed by atoms with Crippen LogP contribution in [0, 0.1) is 0 Å². The van der Waals surface area contributed by atoms with E-state index in [1.807, 2.05) is 0 Å². The predicted molar refractivity (Wildman–Crippen MR) is 225 cm³/mol. The molecule has 54 heavy (non-hydrogen) atoms. The summed E-state index contributed by atoms with van der Waals surface area (Å²) in [5.41, 5.74) is 15.2. The van der Waals surface area contributed by atoms with Gasteiger partial charge in [0.2, 0.25) is 0 Å². The van der Waals surface area contributed by atoms with Crippen LogP contribution in [-0.2, 0) is 11.8 Å². The van der Waals surface area contributed by atoms with Crippen molar-refractivity contribution in [3.8, 4) is 11.1 Å². The highest BCUT2D eigenvalue weighted by molar-refractivity contribution is 6.14. The van der Waals surface area contributed by atoms with Gasteiger partial charge in [0.05, 0.1) is 27.7 Å². The lowest BCUT2D eigenvalue weighted by Gasteiger charge is -2.48. The first-order valence-electron chi connectivity index (χ1n) is 18.9. The average molecular weight is 692 g/mol. The summed E-state index contributed by atoms with van der Waals surface area (Å²) in [6, 6.07) is 60.7. The Bertz CT molecular complexity index is 2990. The second-order valence-corrected chi connectivity index (χ2v) is 14.7. The minimum absolute atomic E-state index is 0.176. The normalized spacial score (nSPS) is 18.9. The zero-order chi connectivity index (χ0) is 35.8. The van der Waals surface area contributed by atoms with Crippen LogP contribution >= 0.6 is 0 Å². The van der Waals surface area contributed by atoms with Gasteiger partial charge in [0.1, 0.15) is 5.65 Å². The molecular formula is C51H37N3. The smallest absolute Gasteiger partial charge is 0.146 e. The summed E-state index contributed by atoms with van der Waals surface area (Å²) in [6.45, 7) is 2.31. The fourth-order valence-electron chi connectivity index (χ4n) is 9.50. The topological polar surface area (TPSA) is 20.5 Å². The van der Waals surface area contributed by atoms with Crippen LogP contribution in [0.25, 0.3) is 49.5 Å². The molecule has 11 rings (SSSR count). The SMILES string of the molecule is CC1/C=C\C=C/Cc2cccc3c2N1c1ccccc1C3(c1ccccc1)c1ccc(-c2ccc3c(c2)c2ccccc2n2c4ccccc4nc32)cc1. The van der Waals surface area contributed by atoms with Crippen LogP contribution in [0.2, 0.25) is 0 Å². The molecule has 7 aromatic carbocycles. The Kier molecular flexibility index (Phi) is 6.81. The Morgan fingerprint density at radius 1 is 0.574 bits per heavy atom. The summed E-state index contributed by atoms with van der Waals surface area (Å²) in [6.07, 6.45) is 9.87. The second-order valence-electron chi connectivity index (χ2n) is 14.7. The summed E-state index contributed by atoms with van der Waals surface area (Å²) in [5, 5.41) is 3.60. The number of imidazole rings is 1. The standard InChI is InChI=1S/C51H37N3/c1-34-15-4-2-5-16-36-17-14-22-44-49(36)53(34)47-25-12-9-21-43(47)51(44,38-18-6-3-7-19-38)39-30-27-35(28-31-39)37-29-32-41-42(33-37)40-20-8-11-24-46(40)54-48-26-13-10-23-45(48)52-50(41)54/h2-15,17-34H,16H2,1H3/b5-2-,15-4-. The van der Waals surface area contributed by atoms with E-state index in [4.69, 9.17) is 4.98 Å². The van der Waals surface area contributed by atoms with Gasteiger partial charge < -0.3 is 4.90 Å². The van der Waals surface area contributed by atoms with Crippen LogP contribution in [-0.4, -0.2) is 15.4 Å². The highest BCUT2D eigenvalue weighted by atomic mass is 15.2. The Balaban J connectivity index is 1.13. The van der Waals surface area contributed by atoms with E-state index in [9.17, 15) is 0 Å². The van der Waals surface area contributed by atoms with Crippen molar-refractivity contribution in [1.82, 2.24) is 9.38 Å². The molecule has 256 valence electrons. The van der Waals surface area contributed by atoms with Gasteiger partial charge in [0.25, 0.3) is 0 Å². The Labute approximate surface area is 314 Å². The van der Waals surface area contributed by atoms with Crippen molar-refractivity contribution in [2.24, 2.45) is 0 Å². The highest BCUT2D eigenvalue weighted by Crippen LogP contribution is 2.57. The van der Waals surface area contributed by atoms with Gasteiger partial charge in [-0.25, -0.2) is 4.98 Å². The van der Waals surface area contributed by atoms with Gasteiger partial charge in [0, 0.05) is 22.5 Å². The molecule has 2 aliphatic rings. The fraction of sp³-hybridized carbons (Fsp3) is 0.0784. The molecule has 2 unspecified atom stereocenters. The molecule has 0 saturated heterocycles. The lowest BCUT2D eigenvalue weighted by atomic mass is 9.62. The number of rotatable bonds is 3. The van der Waals surface area contributed by atoms with Crippen molar-refractivity contribution in [2.75, 3.05) is 4.90 Å². The van der Waals surface area contributed by atoms with Crippen LogP contribution in [0.15, 0.2) is 188 Å². The zero-order valence-electron chi connectivity index (χ0n) is 30.0. The van der Waals surface area contributed by atoms with E-state index in [-0.39, 0.29) is 6.04 Å². The van der Waals surface area contributed by atoms with E-state index in [1.165, 1.54) is 66.6 Å². The summed E-state index contributed by atoms with van der Waals surface area (Å²) < 4.78 is 2.31. The minimum atomic E-state index is -0.521. The first-order chi connectivity index (χ1) is 26.7. The molecule has 3 nitrogen and oxygen atoms in total. The quantitative estimate of drug-likeness (QED) is 0.172. The molecule has 0 spiro atoms. The molecular weight excluding hydrogens is 655 g/mol. The van der Waals surface area contributed by atoms with Crippen molar-refractivity contribution < 1.29 is 0 Å². The zero-order valence-corrected chi connectivity index (χ0v) is 30.0. The number of allylic oxidation sites excluding steroid dienone is 3. The number of aromatic nitrogens is 2. The number of nitrogens with zero attached hydrogens (tertiary/aromatic N) is 3. The molecule has 2 atom stereocenters. The van der Waals surface area contributed by atoms with Crippen LogP contribution in [0.4, 0.5) is 11.4 Å². The third-order valence-electron chi connectivity index (χ3n) is 11.8. The fourth-order valence-corrected chi connectivity index (χ4v) is 9.50. The first kappa shape index (κ1) is 30.9. The number of anilines is 2. The van der Waals surface area contributed by atoms with E-state index < -0.39 is 5.41 Å². The lowest BCUT2D eigenvalue weighted by Crippen LogP contribution is -2.42. The molecule has 9 aromatic rings. The van der Waals surface area contributed by atoms with E-state index in [2.05, 4.69) is 204 Å². The largest absolute Gasteiger partial charge is 0.334 e. The van der Waals surface area contributed by atoms with Crippen molar-refractivity contribution in [3.05, 3.63) is 216 Å². The summed E-state index contributed by atoms with van der Waals surface area (Å²) in [4.78, 5) is 7.70. The van der Waals surface area contributed by atoms with Gasteiger partial charge in [0.15, 0.2) is 0 Å². The summed E-state index contributed by atoms with van der Waals surface area (Å²) in [5.74, 6) is 0. The third kappa shape index (κ3) is 4.33. The molecule has 0 N–H and O–H groups in total. The number of hydrogen-bond donors (Lipinski definition) is 0. The maximum Gasteiger partial charge on any atom is 0.146 e. The Morgan fingerprint density at radius 2 is 1.30 bits per heavy atom. The van der Waals surface area contributed by atoms with Gasteiger partial charge in [-0.15, -0.1) is 0 Å². The number of benzene rings is 7. The molecule has 2 aromatic heterocycles. The van der Waals surface area contributed by atoms with Crippen LogP contribution in [0.1, 0.15) is 34.7 Å². The lowest BCUT2D eigenvalue weighted by molar-refractivity contribution is 0.701. The highest BCUT2D eigenvalue weighted by Gasteiger charge is 2.47. The van der Waals surface area contributed by atoms with Gasteiger partial charge in [-0.1, -0.05) is 152 Å². The van der Waals surface area contributed by atoms with Crippen LogP contribution in [0.5, 0.6) is 0 Å². The second kappa shape index (κ2) is 11.9. The van der Waals surface area contributed by atoms with Crippen molar-refractivity contribution in [2.45, 2.75) is 24.8 Å². The van der Waals surface area contributed by atoms with Gasteiger partial charge in [-0.2, -0.15) is 0 Å². The first-order valence-corrected chi connectivity index (χ1v) is 18.9. The average Bonchev–Trinajstić information content (AvgIpc) is 3.66. The Hall–Kier alpha value is -6.71. The molecule has 0 bridgehead atoms. The van der Waals surface area contributed by atoms with Gasteiger partial charge in [-0.3, -0.25) is 4.40 Å². The minimum Gasteiger partial charge on any atom is -0.334 e. The van der Waals surface area contributed by atoms with E-state index in [0.717, 1.165) is 28.5 Å². The molecule has 0 amide bonds. The molecule has 0 aliphatic carbocycles. The summed E-state index contributed by atoms with van der Waals surface area (Å²) >= 11 is 0. The number of para-hydroxylation sites is 5. The molecule has 2 aliphatic heterocycles. The predicted octanol–water partition coefficient (Wildman–Crippen LogP) is 12.4. The van der Waals surface area contributed by atoms with E-state index in [0.29, 0.717) is 0 Å². The van der Waals surface area contributed by atoms with Crippen molar-refractivity contribution in [1.29, 1.82) is 0 Å². The van der Waals surface area contributed by atoms with Crippen molar-refractivity contribution >= 4 is 49.7 Å². The third-order valence-corrected chi connectivity index (χ3v) is 11.8. The molecule has 3 heteroatoms. The maximum atomic E-state index is 5.13. The number of pyridine rings is 1. The van der Waals surface area contributed by atoms with Gasteiger partial charge >= 0.3 is 0 Å². The Morgan fingerprint density at radius 3 is 2.19 bits per heavy atom.